The number of benzene rings is 1. The molecule has 0 aliphatic heterocycles. The van der Waals surface area contributed by atoms with E-state index in [-0.39, 0.29) is 11.7 Å². The van der Waals surface area contributed by atoms with E-state index in [2.05, 4.69) is 5.32 Å². The summed E-state index contributed by atoms with van der Waals surface area (Å²) in [7, 11) is 0. The van der Waals surface area contributed by atoms with Gasteiger partial charge in [-0.05, 0) is 30.7 Å². The van der Waals surface area contributed by atoms with E-state index >= 15 is 0 Å². The van der Waals surface area contributed by atoms with Gasteiger partial charge < -0.3 is 14.5 Å². The minimum absolute atomic E-state index is 0.0988. The number of ether oxygens (including phenoxy) is 1. The second-order valence-corrected chi connectivity index (χ2v) is 5.97. The molecule has 23 heavy (non-hydrogen) atoms. The van der Waals surface area contributed by atoms with Crippen molar-refractivity contribution in [2.45, 2.75) is 25.2 Å². The number of thioether (sulfide) groups is 1. The van der Waals surface area contributed by atoms with Crippen LogP contribution in [0.15, 0.2) is 47.1 Å². The average molecular weight is 337 g/mol. The molecule has 0 aliphatic carbocycles. The van der Waals surface area contributed by atoms with Gasteiger partial charge >= 0.3 is 0 Å². The summed E-state index contributed by atoms with van der Waals surface area (Å²) in [6, 6.07) is 9.86. The van der Waals surface area contributed by atoms with Crippen LogP contribution in [0.25, 0.3) is 0 Å². The SMILES string of the molecule is CC[C@@H](Oc1ccccc1F)C(=O)NCCSCc1ccco1. The third-order valence-corrected chi connectivity index (χ3v) is 4.12. The molecule has 1 heterocycles. The minimum Gasteiger partial charge on any atom is -0.478 e. The Morgan fingerprint density at radius 3 is 2.87 bits per heavy atom. The van der Waals surface area contributed by atoms with E-state index in [1.54, 1.807) is 30.2 Å². The van der Waals surface area contributed by atoms with E-state index in [4.69, 9.17) is 9.15 Å². The van der Waals surface area contributed by atoms with Crippen molar-refractivity contribution in [3.05, 3.63) is 54.2 Å². The maximum Gasteiger partial charge on any atom is 0.261 e. The van der Waals surface area contributed by atoms with E-state index < -0.39 is 11.9 Å². The molecule has 1 atom stereocenters. The zero-order valence-corrected chi connectivity index (χ0v) is 13.8. The summed E-state index contributed by atoms with van der Waals surface area (Å²) < 4.78 is 24.3. The van der Waals surface area contributed by atoms with Crippen molar-refractivity contribution in [2.24, 2.45) is 0 Å². The number of para-hydroxylation sites is 1. The molecule has 0 unspecified atom stereocenters. The van der Waals surface area contributed by atoms with Gasteiger partial charge in [-0.1, -0.05) is 19.1 Å². The molecular formula is C17H20FNO3S. The van der Waals surface area contributed by atoms with E-state index in [9.17, 15) is 9.18 Å². The molecule has 124 valence electrons. The number of carbonyl (C=O) groups is 1. The number of hydrogen-bond donors (Lipinski definition) is 1. The maximum atomic E-state index is 13.6. The highest BCUT2D eigenvalue weighted by Crippen LogP contribution is 2.18. The summed E-state index contributed by atoms with van der Waals surface area (Å²) in [5, 5.41) is 2.82. The Balaban J connectivity index is 1.71. The lowest BCUT2D eigenvalue weighted by molar-refractivity contribution is -0.128. The molecule has 1 aromatic carbocycles. The Labute approximate surface area is 139 Å². The first-order valence-corrected chi connectivity index (χ1v) is 8.65. The zero-order chi connectivity index (χ0) is 16.5. The third-order valence-electron chi connectivity index (χ3n) is 3.14. The van der Waals surface area contributed by atoms with Crippen LogP contribution in [-0.2, 0) is 10.5 Å². The molecule has 1 N–H and O–H groups in total. The Hall–Kier alpha value is -1.95. The van der Waals surface area contributed by atoms with Crippen LogP contribution in [0, 0.1) is 5.82 Å². The number of furan rings is 1. The molecule has 6 heteroatoms. The van der Waals surface area contributed by atoms with Gasteiger partial charge in [-0.15, -0.1) is 0 Å². The fourth-order valence-electron chi connectivity index (χ4n) is 1.94. The summed E-state index contributed by atoms with van der Waals surface area (Å²) in [5.41, 5.74) is 0. The summed E-state index contributed by atoms with van der Waals surface area (Å²) in [4.78, 5) is 12.1. The number of amides is 1. The summed E-state index contributed by atoms with van der Waals surface area (Å²) in [6.45, 7) is 2.36. The first kappa shape index (κ1) is 17.4. The summed E-state index contributed by atoms with van der Waals surface area (Å²) in [6.07, 6.45) is 1.42. The topological polar surface area (TPSA) is 51.5 Å². The highest BCUT2D eigenvalue weighted by Gasteiger charge is 2.19. The molecule has 0 bridgehead atoms. The minimum atomic E-state index is -0.693. The van der Waals surface area contributed by atoms with Crippen molar-refractivity contribution >= 4 is 17.7 Å². The maximum absolute atomic E-state index is 13.6. The molecular weight excluding hydrogens is 317 g/mol. The van der Waals surface area contributed by atoms with Crippen molar-refractivity contribution in [2.75, 3.05) is 12.3 Å². The third kappa shape index (κ3) is 5.63. The Morgan fingerprint density at radius 1 is 1.35 bits per heavy atom. The van der Waals surface area contributed by atoms with Crippen LogP contribution in [0.1, 0.15) is 19.1 Å². The van der Waals surface area contributed by atoms with Crippen LogP contribution in [0.3, 0.4) is 0 Å². The summed E-state index contributed by atoms with van der Waals surface area (Å²) in [5.74, 6) is 1.86. The van der Waals surface area contributed by atoms with Gasteiger partial charge in [-0.25, -0.2) is 4.39 Å². The first-order chi connectivity index (χ1) is 11.2. The van der Waals surface area contributed by atoms with E-state index in [0.717, 1.165) is 17.3 Å². The lowest BCUT2D eigenvalue weighted by atomic mass is 10.2. The highest BCUT2D eigenvalue weighted by atomic mass is 32.2. The summed E-state index contributed by atoms with van der Waals surface area (Å²) >= 11 is 1.67. The molecule has 4 nitrogen and oxygen atoms in total. The van der Waals surface area contributed by atoms with Gasteiger partial charge in [-0.3, -0.25) is 4.79 Å². The van der Waals surface area contributed by atoms with Gasteiger partial charge in [0.2, 0.25) is 0 Å². The molecule has 1 aromatic heterocycles. The van der Waals surface area contributed by atoms with E-state index in [1.807, 2.05) is 19.1 Å². The smallest absolute Gasteiger partial charge is 0.261 e. The molecule has 0 fully saturated rings. The van der Waals surface area contributed by atoms with Gasteiger partial charge in [0.1, 0.15) is 5.76 Å². The molecule has 0 saturated heterocycles. The lowest BCUT2D eigenvalue weighted by Crippen LogP contribution is -2.39. The molecule has 0 radical (unpaired) electrons. The lowest BCUT2D eigenvalue weighted by Gasteiger charge is -2.17. The Kier molecular flexibility index (Phi) is 7.00. The van der Waals surface area contributed by atoms with Gasteiger partial charge in [0, 0.05) is 12.3 Å². The fourth-order valence-corrected chi connectivity index (χ4v) is 2.70. The number of halogens is 1. The van der Waals surface area contributed by atoms with Crippen LogP contribution < -0.4 is 10.1 Å². The predicted molar refractivity (Wildman–Crippen MR) is 89.0 cm³/mol. The van der Waals surface area contributed by atoms with E-state index in [1.165, 1.54) is 12.1 Å². The molecule has 2 rings (SSSR count). The van der Waals surface area contributed by atoms with Gasteiger partial charge in [0.25, 0.3) is 5.91 Å². The van der Waals surface area contributed by atoms with Crippen molar-refractivity contribution in [1.82, 2.24) is 5.32 Å². The highest BCUT2D eigenvalue weighted by molar-refractivity contribution is 7.98. The van der Waals surface area contributed by atoms with E-state index in [0.29, 0.717) is 13.0 Å². The van der Waals surface area contributed by atoms with Gasteiger partial charge in [0.05, 0.1) is 12.0 Å². The number of nitrogens with one attached hydrogen (secondary N) is 1. The number of hydrogen-bond acceptors (Lipinski definition) is 4. The zero-order valence-electron chi connectivity index (χ0n) is 13.0. The van der Waals surface area contributed by atoms with Gasteiger partial charge in [-0.2, -0.15) is 11.8 Å². The van der Waals surface area contributed by atoms with Crippen LogP contribution in [0.4, 0.5) is 4.39 Å². The van der Waals surface area contributed by atoms with Crippen LogP contribution in [-0.4, -0.2) is 24.3 Å². The molecule has 2 aromatic rings. The largest absolute Gasteiger partial charge is 0.478 e. The molecule has 0 aliphatic rings. The van der Waals surface area contributed by atoms with Crippen LogP contribution >= 0.6 is 11.8 Å². The average Bonchev–Trinajstić information content (AvgIpc) is 3.07. The normalized spacial score (nSPS) is 11.9. The van der Waals surface area contributed by atoms with Crippen molar-refractivity contribution in [3.8, 4) is 5.75 Å². The number of rotatable bonds is 9. The number of carbonyl (C=O) groups excluding carboxylic acids is 1. The Morgan fingerprint density at radius 2 is 2.17 bits per heavy atom. The fraction of sp³-hybridized carbons (Fsp3) is 0.353. The van der Waals surface area contributed by atoms with Crippen LogP contribution in [0.2, 0.25) is 0 Å². The van der Waals surface area contributed by atoms with Crippen molar-refractivity contribution < 1.29 is 18.3 Å². The predicted octanol–water partition coefficient (Wildman–Crippen LogP) is 3.63. The van der Waals surface area contributed by atoms with Crippen molar-refractivity contribution in [1.29, 1.82) is 0 Å². The van der Waals surface area contributed by atoms with Gasteiger partial charge in [0.15, 0.2) is 17.7 Å². The second kappa shape index (κ2) is 9.25. The quantitative estimate of drug-likeness (QED) is 0.710. The van der Waals surface area contributed by atoms with Crippen molar-refractivity contribution in [3.63, 3.8) is 0 Å². The first-order valence-electron chi connectivity index (χ1n) is 7.49. The second-order valence-electron chi connectivity index (χ2n) is 4.87. The van der Waals surface area contributed by atoms with Crippen LogP contribution in [0.5, 0.6) is 5.75 Å². The standard InChI is InChI=1S/C17H20FNO3S/c1-2-15(22-16-8-4-3-7-14(16)18)17(20)19-9-11-23-12-13-6-5-10-21-13/h3-8,10,15H,2,9,11-12H2,1H3,(H,19,20)/t15-/m1/s1. The molecule has 0 saturated carbocycles. The molecule has 0 spiro atoms. The Bertz CT molecular complexity index is 604. The monoisotopic (exact) mass is 337 g/mol. The molecule has 1 amide bonds.